The standard InChI is InChI=1S/C13H24N2O/c1-7-11(8-2)14-12(16)10(4)15-13(5,6)9-3/h3,10-11,15H,7-8H2,1-2,4-6H3,(H,14,16). The van der Waals surface area contributed by atoms with Crippen molar-refractivity contribution in [3.8, 4) is 12.3 Å². The SMILES string of the molecule is C#CC(C)(C)NC(C)C(=O)NC(CC)CC. The molecule has 0 aromatic heterocycles. The number of rotatable bonds is 6. The molecule has 3 nitrogen and oxygen atoms in total. The van der Waals surface area contributed by atoms with Gasteiger partial charge in [-0.25, -0.2) is 0 Å². The molecular weight excluding hydrogens is 200 g/mol. The summed E-state index contributed by atoms with van der Waals surface area (Å²) in [5.74, 6) is 2.63. The molecule has 0 rings (SSSR count). The zero-order chi connectivity index (χ0) is 12.8. The van der Waals surface area contributed by atoms with Crippen molar-refractivity contribution in [2.45, 2.75) is 65.1 Å². The number of hydrogen-bond acceptors (Lipinski definition) is 2. The molecule has 1 atom stereocenters. The minimum Gasteiger partial charge on any atom is -0.352 e. The summed E-state index contributed by atoms with van der Waals surface area (Å²) in [4.78, 5) is 11.8. The minimum absolute atomic E-state index is 0.0111. The smallest absolute Gasteiger partial charge is 0.237 e. The number of nitrogens with one attached hydrogen (secondary N) is 2. The number of carbonyl (C=O) groups is 1. The Hall–Kier alpha value is -1.01. The molecule has 0 aromatic rings. The second-order valence-electron chi connectivity index (χ2n) is 4.66. The first-order valence-electron chi connectivity index (χ1n) is 5.92. The number of amides is 1. The molecule has 3 heteroatoms. The van der Waals surface area contributed by atoms with Crippen molar-refractivity contribution in [2.75, 3.05) is 0 Å². The Morgan fingerprint density at radius 3 is 2.25 bits per heavy atom. The highest BCUT2D eigenvalue weighted by Crippen LogP contribution is 2.02. The van der Waals surface area contributed by atoms with Crippen molar-refractivity contribution >= 4 is 5.91 Å². The van der Waals surface area contributed by atoms with Gasteiger partial charge >= 0.3 is 0 Å². The highest BCUT2D eigenvalue weighted by Gasteiger charge is 2.22. The summed E-state index contributed by atoms with van der Waals surface area (Å²) in [5, 5.41) is 6.10. The lowest BCUT2D eigenvalue weighted by Crippen LogP contribution is -2.52. The Morgan fingerprint density at radius 2 is 1.88 bits per heavy atom. The van der Waals surface area contributed by atoms with Gasteiger partial charge in [-0.2, -0.15) is 0 Å². The van der Waals surface area contributed by atoms with E-state index in [9.17, 15) is 4.79 Å². The molecule has 0 radical (unpaired) electrons. The fraction of sp³-hybridized carbons (Fsp3) is 0.769. The summed E-state index contributed by atoms with van der Waals surface area (Å²) in [6.45, 7) is 9.73. The highest BCUT2D eigenvalue weighted by molar-refractivity contribution is 5.81. The Bertz CT molecular complexity index is 262. The molecule has 2 N–H and O–H groups in total. The minimum atomic E-state index is -0.454. The molecule has 16 heavy (non-hydrogen) atoms. The van der Waals surface area contributed by atoms with Crippen LogP contribution in [0, 0.1) is 12.3 Å². The van der Waals surface area contributed by atoms with E-state index in [1.807, 2.05) is 20.8 Å². The molecule has 0 aliphatic carbocycles. The van der Waals surface area contributed by atoms with Crippen molar-refractivity contribution < 1.29 is 4.79 Å². The molecule has 0 aliphatic heterocycles. The lowest BCUT2D eigenvalue weighted by molar-refractivity contribution is -0.123. The van der Waals surface area contributed by atoms with E-state index in [1.165, 1.54) is 0 Å². The van der Waals surface area contributed by atoms with Crippen molar-refractivity contribution in [3.63, 3.8) is 0 Å². The van der Waals surface area contributed by atoms with Crippen LogP contribution in [0.15, 0.2) is 0 Å². The highest BCUT2D eigenvalue weighted by atomic mass is 16.2. The first kappa shape index (κ1) is 15.0. The van der Waals surface area contributed by atoms with Crippen molar-refractivity contribution in [1.82, 2.24) is 10.6 Å². The maximum Gasteiger partial charge on any atom is 0.237 e. The first-order valence-corrected chi connectivity index (χ1v) is 5.92. The fourth-order valence-corrected chi connectivity index (χ4v) is 1.47. The van der Waals surface area contributed by atoms with Gasteiger partial charge in [-0.3, -0.25) is 10.1 Å². The van der Waals surface area contributed by atoms with Gasteiger partial charge in [0.05, 0.1) is 11.6 Å². The second-order valence-corrected chi connectivity index (χ2v) is 4.66. The zero-order valence-corrected chi connectivity index (χ0v) is 11.1. The van der Waals surface area contributed by atoms with Gasteiger partial charge in [-0.05, 0) is 33.6 Å². The molecule has 1 amide bonds. The lowest BCUT2D eigenvalue weighted by Gasteiger charge is -2.26. The maximum atomic E-state index is 11.8. The van der Waals surface area contributed by atoms with E-state index in [-0.39, 0.29) is 18.0 Å². The topological polar surface area (TPSA) is 41.1 Å². The Balaban J connectivity index is 4.25. The van der Waals surface area contributed by atoms with Gasteiger partial charge in [0.2, 0.25) is 5.91 Å². The molecule has 0 bridgehead atoms. The van der Waals surface area contributed by atoms with Crippen LogP contribution < -0.4 is 10.6 Å². The summed E-state index contributed by atoms with van der Waals surface area (Å²) in [7, 11) is 0. The fourth-order valence-electron chi connectivity index (χ4n) is 1.47. The van der Waals surface area contributed by atoms with E-state index in [4.69, 9.17) is 6.42 Å². The summed E-state index contributed by atoms with van der Waals surface area (Å²) in [5.41, 5.74) is -0.454. The van der Waals surface area contributed by atoms with Crippen molar-refractivity contribution in [1.29, 1.82) is 0 Å². The van der Waals surface area contributed by atoms with Gasteiger partial charge in [0.25, 0.3) is 0 Å². The maximum absolute atomic E-state index is 11.8. The second kappa shape index (κ2) is 6.55. The summed E-state index contributed by atoms with van der Waals surface area (Å²) in [6.07, 6.45) is 7.27. The molecule has 0 saturated carbocycles. The molecule has 0 aliphatic rings. The predicted octanol–water partition coefficient (Wildman–Crippen LogP) is 1.68. The lowest BCUT2D eigenvalue weighted by atomic mass is 10.1. The van der Waals surface area contributed by atoms with Crippen LogP contribution in [0.1, 0.15) is 47.5 Å². The number of carbonyl (C=O) groups excluding carboxylic acids is 1. The average Bonchev–Trinajstić information content (AvgIpc) is 2.24. The third kappa shape index (κ3) is 5.18. The Labute approximate surface area is 99.4 Å². The molecular formula is C13H24N2O. The van der Waals surface area contributed by atoms with E-state index in [0.717, 1.165) is 12.8 Å². The van der Waals surface area contributed by atoms with Crippen LogP contribution in [0.2, 0.25) is 0 Å². The molecule has 92 valence electrons. The largest absolute Gasteiger partial charge is 0.352 e. The van der Waals surface area contributed by atoms with E-state index < -0.39 is 5.54 Å². The molecule has 0 spiro atoms. The van der Waals surface area contributed by atoms with Gasteiger partial charge in [-0.15, -0.1) is 6.42 Å². The van der Waals surface area contributed by atoms with E-state index in [2.05, 4.69) is 30.4 Å². The first-order chi connectivity index (χ1) is 7.36. The van der Waals surface area contributed by atoms with Gasteiger partial charge in [-0.1, -0.05) is 19.8 Å². The van der Waals surface area contributed by atoms with Crippen LogP contribution in [-0.2, 0) is 4.79 Å². The van der Waals surface area contributed by atoms with Gasteiger partial charge < -0.3 is 5.32 Å². The third-order valence-electron chi connectivity index (χ3n) is 2.66. The summed E-state index contributed by atoms with van der Waals surface area (Å²) in [6, 6.07) is -0.0163. The number of hydrogen-bond donors (Lipinski definition) is 2. The Kier molecular flexibility index (Phi) is 6.13. The van der Waals surface area contributed by atoms with E-state index in [0.29, 0.717) is 0 Å². The van der Waals surface area contributed by atoms with Crippen LogP contribution >= 0.6 is 0 Å². The van der Waals surface area contributed by atoms with Crippen molar-refractivity contribution in [2.24, 2.45) is 0 Å². The van der Waals surface area contributed by atoms with Gasteiger partial charge in [0.15, 0.2) is 0 Å². The normalized spacial score (nSPS) is 13.3. The van der Waals surface area contributed by atoms with E-state index >= 15 is 0 Å². The molecule has 0 aromatic carbocycles. The van der Waals surface area contributed by atoms with Crippen LogP contribution in [0.4, 0.5) is 0 Å². The Morgan fingerprint density at radius 1 is 1.38 bits per heavy atom. The molecule has 0 saturated heterocycles. The predicted molar refractivity (Wildman–Crippen MR) is 68.0 cm³/mol. The van der Waals surface area contributed by atoms with Gasteiger partial charge in [0.1, 0.15) is 0 Å². The average molecular weight is 224 g/mol. The summed E-state index contributed by atoms with van der Waals surface area (Å²) >= 11 is 0. The summed E-state index contributed by atoms with van der Waals surface area (Å²) < 4.78 is 0. The molecule has 1 unspecified atom stereocenters. The van der Waals surface area contributed by atoms with Crippen LogP contribution in [-0.4, -0.2) is 23.5 Å². The van der Waals surface area contributed by atoms with Crippen molar-refractivity contribution in [3.05, 3.63) is 0 Å². The monoisotopic (exact) mass is 224 g/mol. The zero-order valence-electron chi connectivity index (χ0n) is 11.1. The number of terminal acetylenes is 1. The van der Waals surface area contributed by atoms with Crippen LogP contribution in [0.25, 0.3) is 0 Å². The van der Waals surface area contributed by atoms with E-state index in [1.54, 1.807) is 0 Å². The third-order valence-corrected chi connectivity index (χ3v) is 2.66. The van der Waals surface area contributed by atoms with Gasteiger partial charge in [0, 0.05) is 6.04 Å². The molecule has 0 fully saturated rings. The molecule has 0 heterocycles. The quantitative estimate of drug-likeness (QED) is 0.674. The van der Waals surface area contributed by atoms with Crippen LogP contribution in [0.5, 0.6) is 0 Å². The van der Waals surface area contributed by atoms with Crippen LogP contribution in [0.3, 0.4) is 0 Å².